The lowest BCUT2D eigenvalue weighted by atomic mass is 10.3. The van der Waals surface area contributed by atoms with Gasteiger partial charge in [-0.05, 0) is 40.2 Å². The molecule has 0 amide bonds. The maximum atomic E-state index is 13.1. The molecule has 0 spiro atoms. The third-order valence-electron chi connectivity index (χ3n) is 2.38. The predicted molar refractivity (Wildman–Crippen MR) is 72.2 cm³/mol. The van der Waals surface area contributed by atoms with Gasteiger partial charge in [-0.3, -0.25) is 0 Å². The Morgan fingerprint density at radius 2 is 2.17 bits per heavy atom. The van der Waals surface area contributed by atoms with Crippen LogP contribution in [0, 0.1) is 5.82 Å². The Balaban J connectivity index is 2.08. The molecule has 0 fully saturated rings. The summed E-state index contributed by atoms with van der Waals surface area (Å²) >= 11 is 3.36. The van der Waals surface area contributed by atoms with Crippen LogP contribution >= 0.6 is 15.9 Å². The van der Waals surface area contributed by atoms with E-state index in [2.05, 4.69) is 26.2 Å². The van der Waals surface area contributed by atoms with Crippen LogP contribution in [0.2, 0.25) is 0 Å². The van der Waals surface area contributed by atoms with Crippen molar-refractivity contribution in [3.8, 4) is 5.88 Å². The third kappa shape index (κ3) is 3.20. The van der Waals surface area contributed by atoms with E-state index in [1.54, 1.807) is 19.2 Å². The highest BCUT2D eigenvalue weighted by atomic mass is 79.9. The van der Waals surface area contributed by atoms with Gasteiger partial charge in [0.2, 0.25) is 5.88 Å². The van der Waals surface area contributed by atoms with Crippen LogP contribution in [0.4, 0.5) is 10.1 Å². The number of rotatable bonds is 4. The molecule has 3 nitrogen and oxygen atoms in total. The van der Waals surface area contributed by atoms with Gasteiger partial charge in [0.1, 0.15) is 5.82 Å². The summed E-state index contributed by atoms with van der Waals surface area (Å²) in [4.78, 5) is 4.26. The average molecular weight is 311 g/mol. The molecule has 5 heteroatoms. The summed E-state index contributed by atoms with van der Waals surface area (Å²) in [6.45, 7) is 0.499. The number of hydrogen-bond acceptors (Lipinski definition) is 3. The Morgan fingerprint density at radius 3 is 2.94 bits per heavy atom. The van der Waals surface area contributed by atoms with Crippen LogP contribution in [0.25, 0.3) is 0 Å². The molecule has 0 radical (unpaired) electrons. The fourth-order valence-corrected chi connectivity index (χ4v) is 1.88. The fourth-order valence-electron chi connectivity index (χ4n) is 1.49. The molecular weight excluding hydrogens is 299 g/mol. The first-order valence-electron chi connectivity index (χ1n) is 5.38. The Hall–Kier alpha value is -1.62. The maximum absolute atomic E-state index is 13.1. The second kappa shape index (κ2) is 5.82. The molecule has 1 aromatic heterocycles. The number of nitrogens with one attached hydrogen (secondary N) is 1. The largest absolute Gasteiger partial charge is 0.481 e. The molecule has 1 N–H and O–H groups in total. The summed E-state index contributed by atoms with van der Waals surface area (Å²) in [7, 11) is 1.57. The summed E-state index contributed by atoms with van der Waals surface area (Å²) in [5, 5.41) is 3.12. The number of ether oxygens (including phenoxy) is 1. The molecule has 0 aliphatic rings. The van der Waals surface area contributed by atoms with E-state index in [0.717, 1.165) is 10.2 Å². The van der Waals surface area contributed by atoms with Crippen LogP contribution in [0.5, 0.6) is 5.88 Å². The molecular formula is C13H12BrFN2O. The SMILES string of the molecule is COc1cccc(CNc2cc(F)ccc2Br)n1. The first-order chi connectivity index (χ1) is 8.69. The highest BCUT2D eigenvalue weighted by Gasteiger charge is 2.02. The van der Waals surface area contributed by atoms with Gasteiger partial charge in [-0.15, -0.1) is 0 Å². The molecule has 1 aromatic carbocycles. The smallest absolute Gasteiger partial charge is 0.213 e. The van der Waals surface area contributed by atoms with Crippen molar-refractivity contribution in [1.82, 2.24) is 4.98 Å². The summed E-state index contributed by atoms with van der Waals surface area (Å²) in [5.41, 5.74) is 1.52. The number of nitrogens with zero attached hydrogens (tertiary/aromatic N) is 1. The molecule has 0 aliphatic heterocycles. The first-order valence-corrected chi connectivity index (χ1v) is 6.17. The Labute approximate surface area is 113 Å². The maximum Gasteiger partial charge on any atom is 0.213 e. The van der Waals surface area contributed by atoms with Crippen molar-refractivity contribution >= 4 is 21.6 Å². The van der Waals surface area contributed by atoms with Crippen molar-refractivity contribution in [3.05, 3.63) is 52.4 Å². The van der Waals surface area contributed by atoms with Crippen LogP contribution in [0.3, 0.4) is 0 Å². The number of benzene rings is 1. The molecule has 94 valence electrons. The van der Waals surface area contributed by atoms with E-state index < -0.39 is 0 Å². The fraction of sp³-hybridized carbons (Fsp3) is 0.154. The van der Waals surface area contributed by atoms with Crippen LogP contribution in [-0.2, 0) is 6.54 Å². The monoisotopic (exact) mass is 310 g/mol. The molecule has 0 saturated heterocycles. The highest BCUT2D eigenvalue weighted by molar-refractivity contribution is 9.10. The summed E-state index contributed by atoms with van der Waals surface area (Å²) < 4.78 is 18.9. The van der Waals surface area contributed by atoms with Gasteiger partial charge < -0.3 is 10.1 Å². The number of methoxy groups -OCH3 is 1. The number of pyridine rings is 1. The van der Waals surface area contributed by atoms with Crippen LogP contribution < -0.4 is 10.1 Å². The van der Waals surface area contributed by atoms with E-state index in [4.69, 9.17) is 4.74 Å². The van der Waals surface area contributed by atoms with Gasteiger partial charge >= 0.3 is 0 Å². The van der Waals surface area contributed by atoms with Crippen molar-refractivity contribution in [1.29, 1.82) is 0 Å². The minimum absolute atomic E-state index is 0.278. The van der Waals surface area contributed by atoms with E-state index >= 15 is 0 Å². The van der Waals surface area contributed by atoms with E-state index in [-0.39, 0.29) is 5.82 Å². The zero-order valence-electron chi connectivity index (χ0n) is 9.78. The lowest BCUT2D eigenvalue weighted by molar-refractivity contribution is 0.396. The van der Waals surface area contributed by atoms with Crippen LogP contribution in [0.15, 0.2) is 40.9 Å². The molecule has 18 heavy (non-hydrogen) atoms. The first kappa shape index (κ1) is 12.8. The van der Waals surface area contributed by atoms with Crippen molar-refractivity contribution in [2.75, 3.05) is 12.4 Å². The van der Waals surface area contributed by atoms with Gasteiger partial charge in [0.05, 0.1) is 25.0 Å². The Kier molecular flexibility index (Phi) is 4.15. The summed E-state index contributed by atoms with van der Waals surface area (Å²) in [5.74, 6) is 0.284. The van der Waals surface area contributed by atoms with Crippen LogP contribution in [0.1, 0.15) is 5.69 Å². The highest BCUT2D eigenvalue weighted by Crippen LogP contribution is 2.23. The predicted octanol–water partition coefficient (Wildman–Crippen LogP) is 3.60. The van der Waals surface area contributed by atoms with Gasteiger partial charge in [-0.2, -0.15) is 0 Å². The van der Waals surface area contributed by atoms with E-state index in [1.807, 2.05) is 12.1 Å². The normalized spacial score (nSPS) is 10.2. The van der Waals surface area contributed by atoms with Crippen molar-refractivity contribution in [2.24, 2.45) is 0 Å². The second-order valence-corrected chi connectivity index (χ2v) is 4.50. The lowest BCUT2D eigenvalue weighted by Gasteiger charge is -2.09. The van der Waals surface area contributed by atoms with Gasteiger partial charge in [0.15, 0.2) is 0 Å². The van der Waals surface area contributed by atoms with Gasteiger partial charge in [0, 0.05) is 10.5 Å². The molecule has 0 unspecified atom stereocenters. The third-order valence-corrected chi connectivity index (χ3v) is 3.07. The van der Waals surface area contributed by atoms with Crippen molar-refractivity contribution in [2.45, 2.75) is 6.54 Å². The van der Waals surface area contributed by atoms with Gasteiger partial charge in [-0.1, -0.05) is 6.07 Å². The lowest BCUT2D eigenvalue weighted by Crippen LogP contribution is -2.03. The second-order valence-electron chi connectivity index (χ2n) is 3.65. The van der Waals surface area contributed by atoms with Crippen molar-refractivity contribution < 1.29 is 9.13 Å². The van der Waals surface area contributed by atoms with E-state index in [0.29, 0.717) is 18.1 Å². The molecule has 0 aliphatic carbocycles. The quantitative estimate of drug-likeness (QED) is 0.937. The molecule has 2 aromatic rings. The molecule has 1 heterocycles. The molecule has 0 atom stereocenters. The standard InChI is InChI=1S/C13H12BrFN2O/c1-18-13-4-2-3-10(17-13)8-16-12-7-9(15)5-6-11(12)14/h2-7,16H,8H2,1H3. The van der Waals surface area contributed by atoms with Crippen molar-refractivity contribution in [3.63, 3.8) is 0 Å². The number of anilines is 1. The van der Waals surface area contributed by atoms with E-state index in [1.165, 1.54) is 12.1 Å². The molecule has 0 bridgehead atoms. The number of halogens is 2. The Morgan fingerprint density at radius 1 is 1.33 bits per heavy atom. The minimum Gasteiger partial charge on any atom is -0.481 e. The molecule has 2 rings (SSSR count). The van der Waals surface area contributed by atoms with Crippen LogP contribution in [-0.4, -0.2) is 12.1 Å². The number of hydrogen-bond donors (Lipinski definition) is 1. The van der Waals surface area contributed by atoms with Gasteiger partial charge in [0.25, 0.3) is 0 Å². The minimum atomic E-state index is -0.278. The summed E-state index contributed by atoms with van der Waals surface area (Å²) in [6.07, 6.45) is 0. The zero-order valence-corrected chi connectivity index (χ0v) is 11.4. The Bertz CT molecular complexity index is 548. The van der Waals surface area contributed by atoms with Gasteiger partial charge in [-0.25, -0.2) is 9.37 Å². The van der Waals surface area contributed by atoms with E-state index in [9.17, 15) is 4.39 Å². The zero-order chi connectivity index (χ0) is 13.0. The topological polar surface area (TPSA) is 34.1 Å². The molecule has 0 saturated carbocycles. The number of aromatic nitrogens is 1. The average Bonchev–Trinajstić information content (AvgIpc) is 2.40. The summed E-state index contributed by atoms with van der Waals surface area (Å²) in [6, 6.07) is 10.0.